The second-order valence-corrected chi connectivity index (χ2v) is 7.30. The smallest absolute Gasteiger partial charge is 0.318 e. The van der Waals surface area contributed by atoms with Crippen LogP contribution in [0.1, 0.15) is 53.0 Å². The maximum atomic E-state index is 14.2. The topological polar surface area (TPSA) is 44.4 Å². The molecule has 1 fully saturated rings. The Morgan fingerprint density at radius 2 is 1.84 bits per heavy atom. The summed E-state index contributed by atoms with van der Waals surface area (Å²) in [6.07, 6.45) is 7.34. The number of nitrogens with one attached hydrogen (secondary N) is 2. The minimum atomic E-state index is -0.487. The van der Waals surface area contributed by atoms with Crippen molar-refractivity contribution in [2.45, 2.75) is 59.5 Å². The molecule has 4 nitrogen and oxygen atoms in total. The van der Waals surface area contributed by atoms with Crippen LogP contribution < -0.4 is 10.6 Å². The van der Waals surface area contributed by atoms with E-state index in [4.69, 9.17) is 0 Å². The van der Waals surface area contributed by atoms with Gasteiger partial charge in [-0.05, 0) is 70.5 Å². The van der Waals surface area contributed by atoms with Gasteiger partial charge >= 0.3 is 6.03 Å². The molecule has 0 saturated carbocycles. The molecule has 1 aromatic carbocycles. The van der Waals surface area contributed by atoms with Gasteiger partial charge in [-0.1, -0.05) is 37.6 Å². The zero-order valence-corrected chi connectivity index (χ0v) is 19.5. The third-order valence-corrected chi connectivity index (χ3v) is 5.16. The fourth-order valence-electron chi connectivity index (χ4n) is 3.50. The number of piperidine rings is 1. The lowest BCUT2D eigenvalue weighted by Gasteiger charge is -2.30. The highest BCUT2D eigenvalue weighted by Gasteiger charge is 2.32. The lowest BCUT2D eigenvalue weighted by atomic mass is 10.0. The summed E-state index contributed by atoms with van der Waals surface area (Å²) in [5.74, 6) is -0.964. The largest absolute Gasteiger partial charge is 0.335 e. The Bertz CT molecular complexity index is 783. The molecule has 31 heavy (non-hydrogen) atoms. The first-order valence-electron chi connectivity index (χ1n) is 11.0. The fourth-order valence-corrected chi connectivity index (χ4v) is 3.50. The predicted octanol–water partition coefficient (Wildman–Crippen LogP) is 5.68. The molecule has 1 atom stereocenters. The van der Waals surface area contributed by atoms with Gasteiger partial charge in [-0.3, -0.25) is 0 Å². The van der Waals surface area contributed by atoms with E-state index in [0.717, 1.165) is 43.6 Å². The normalized spacial score (nSPS) is 18.8. The summed E-state index contributed by atoms with van der Waals surface area (Å²) in [6.45, 7) is 15.1. The van der Waals surface area contributed by atoms with E-state index >= 15 is 0 Å². The van der Waals surface area contributed by atoms with Crippen molar-refractivity contribution in [2.75, 3.05) is 19.6 Å². The van der Waals surface area contributed by atoms with Crippen LogP contribution in [0.3, 0.4) is 0 Å². The van der Waals surface area contributed by atoms with Crippen LogP contribution in [0.25, 0.3) is 5.57 Å². The summed E-state index contributed by atoms with van der Waals surface area (Å²) < 4.78 is 27.8. The number of halogens is 2. The first-order valence-corrected chi connectivity index (χ1v) is 11.0. The molecule has 3 rings (SSSR count). The van der Waals surface area contributed by atoms with Crippen molar-refractivity contribution >= 4 is 11.6 Å². The van der Waals surface area contributed by atoms with E-state index in [-0.39, 0.29) is 30.2 Å². The van der Waals surface area contributed by atoms with Crippen molar-refractivity contribution in [3.63, 3.8) is 0 Å². The molecule has 0 aromatic heterocycles. The van der Waals surface area contributed by atoms with Crippen molar-refractivity contribution < 1.29 is 13.6 Å². The van der Waals surface area contributed by atoms with Crippen LogP contribution in [0.2, 0.25) is 0 Å². The molecular formula is C25H37F2N3O. The lowest BCUT2D eigenvalue weighted by molar-refractivity contribution is 0.195. The Labute approximate surface area is 186 Å². The van der Waals surface area contributed by atoms with Crippen molar-refractivity contribution in [1.29, 1.82) is 0 Å². The third-order valence-electron chi connectivity index (χ3n) is 5.16. The minimum Gasteiger partial charge on any atom is -0.335 e. The first kappa shape index (κ1) is 26.6. The molecule has 6 heteroatoms. The van der Waals surface area contributed by atoms with Gasteiger partial charge in [-0.25, -0.2) is 13.6 Å². The molecule has 2 aliphatic heterocycles. The molecular weight excluding hydrogens is 396 g/mol. The standard InChI is InChI=1S/C20H25F2N3O.C3H6.C2H6/c1-3-13(2)19-10-14(17-11-15(21)4-5-18(17)22)12-25(19)20(26)24-16-6-8-23-9-7-16;1-3-2;1-2/h3-5,10-11,16,19,23H,6-9,12H2,1-2H3,(H,24,26);3H,1H2,2H3;1-2H3/b13-3+;;/t19-;;/m0../s1. The summed E-state index contributed by atoms with van der Waals surface area (Å²) in [5, 5.41) is 6.36. The molecule has 0 spiro atoms. The van der Waals surface area contributed by atoms with Crippen LogP contribution in [0.5, 0.6) is 0 Å². The minimum absolute atomic E-state index is 0.144. The van der Waals surface area contributed by atoms with Gasteiger partial charge in [-0.15, -0.1) is 6.58 Å². The number of amides is 2. The predicted molar refractivity (Wildman–Crippen MR) is 126 cm³/mol. The van der Waals surface area contributed by atoms with Gasteiger partial charge in [0.15, 0.2) is 0 Å². The highest BCUT2D eigenvalue weighted by atomic mass is 19.1. The Hall–Kier alpha value is -2.47. The molecule has 2 aliphatic rings. The molecule has 0 unspecified atom stereocenters. The fraction of sp³-hybridized carbons (Fsp3) is 0.480. The van der Waals surface area contributed by atoms with Crippen molar-refractivity contribution in [3.8, 4) is 0 Å². The summed E-state index contributed by atoms with van der Waals surface area (Å²) in [7, 11) is 0. The average molecular weight is 434 g/mol. The van der Waals surface area contributed by atoms with E-state index in [1.54, 1.807) is 11.0 Å². The third kappa shape index (κ3) is 7.62. The van der Waals surface area contributed by atoms with Crippen molar-refractivity contribution in [1.82, 2.24) is 15.5 Å². The molecule has 0 bridgehead atoms. The molecule has 2 heterocycles. The summed E-state index contributed by atoms with van der Waals surface area (Å²) >= 11 is 0. The zero-order valence-electron chi connectivity index (χ0n) is 19.5. The number of hydrogen-bond donors (Lipinski definition) is 2. The zero-order chi connectivity index (χ0) is 23.4. The van der Waals surface area contributed by atoms with E-state index in [1.165, 1.54) is 6.07 Å². The Morgan fingerprint density at radius 1 is 1.23 bits per heavy atom. The van der Waals surface area contributed by atoms with Gasteiger partial charge in [0.2, 0.25) is 0 Å². The van der Waals surface area contributed by atoms with Crippen LogP contribution in [0, 0.1) is 11.6 Å². The van der Waals surface area contributed by atoms with E-state index in [0.29, 0.717) is 5.57 Å². The monoisotopic (exact) mass is 433 g/mol. The summed E-state index contributed by atoms with van der Waals surface area (Å²) in [4.78, 5) is 14.5. The van der Waals surface area contributed by atoms with Crippen LogP contribution in [0.4, 0.5) is 13.6 Å². The van der Waals surface area contributed by atoms with Crippen LogP contribution in [-0.4, -0.2) is 42.6 Å². The number of carbonyl (C=O) groups is 1. The number of carbonyl (C=O) groups excluding carboxylic acids is 1. The highest BCUT2D eigenvalue weighted by molar-refractivity contribution is 5.82. The number of nitrogens with zero attached hydrogens (tertiary/aromatic N) is 1. The van der Waals surface area contributed by atoms with E-state index < -0.39 is 11.6 Å². The van der Waals surface area contributed by atoms with Gasteiger partial charge in [-0.2, -0.15) is 0 Å². The molecule has 2 amide bonds. The summed E-state index contributed by atoms with van der Waals surface area (Å²) in [6, 6.07) is 3.15. The molecule has 0 radical (unpaired) electrons. The van der Waals surface area contributed by atoms with Gasteiger partial charge < -0.3 is 15.5 Å². The molecule has 2 N–H and O–H groups in total. The number of rotatable bonds is 3. The maximum absolute atomic E-state index is 14.2. The molecule has 0 aliphatic carbocycles. The number of urea groups is 1. The number of allylic oxidation sites excluding steroid dienone is 2. The maximum Gasteiger partial charge on any atom is 0.318 e. The average Bonchev–Trinajstić information content (AvgIpc) is 3.23. The highest BCUT2D eigenvalue weighted by Crippen LogP contribution is 2.30. The van der Waals surface area contributed by atoms with Gasteiger partial charge in [0.25, 0.3) is 0 Å². The van der Waals surface area contributed by atoms with Crippen LogP contribution in [-0.2, 0) is 0 Å². The lowest BCUT2D eigenvalue weighted by Crippen LogP contribution is -2.50. The van der Waals surface area contributed by atoms with E-state index in [9.17, 15) is 13.6 Å². The van der Waals surface area contributed by atoms with E-state index in [2.05, 4.69) is 17.2 Å². The number of hydrogen-bond acceptors (Lipinski definition) is 2. The number of benzene rings is 1. The first-order chi connectivity index (χ1) is 14.9. The van der Waals surface area contributed by atoms with E-state index in [1.807, 2.05) is 46.8 Å². The SMILES string of the molecule is C/C=C(\C)[C@@H]1C=C(c2cc(F)ccc2F)CN1C(=O)NC1CCNCC1.C=CC.CC. The molecule has 1 aromatic rings. The molecule has 1 saturated heterocycles. The second kappa shape index (κ2) is 13.8. The van der Waals surface area contributed by atoms with Crippen LogP contribution in [0.15, 0.2) is 48.6 Å². The Morgan fingerprint density at radius 3 is 2.42 bits per heavy atom. The van der Waals surface area contributed by atoms with Crippen molar-refractivity contribution in [2.24, 2.45) is 0 Å². The summed E-state index contributed by atoms with van der Waals surface area (Å²) in [5.41, 5.74) is 1.85. The van der Waals surface area contributed by atoms with Gasteiger partial charge in [0.05, 0.1) is 6.04 Å². The second-order valence-electron chi connectivity index (χ2n) is 7.30. The van der Waals surface area contributed by atoms with Crippen molar-refractivity contribution in [3.05, 3.63) is 65.8 Å². The van der Waals surface area contributed by atoms with Gasteiger partial charge in [0.1, 0.15) is 11.6 Å². The Kier molecular flexibility index (Phi) is 11.8. The molecule has 172 valence electrons. The van der Waals surface area contributed by atoms with Crippen LogP contribution >= 0.6 is 0 Å². The Balaban J connectivity index is 0.000000884. The van der Waals surface area contributed by atoms with Gasteiger partial charge in [0, 0.05) is 18.2 Å². The quantitative estimate of drug-likeness (QED) is 0.603.